The topological polar surface area (TPSA) is 39.2 Å². The number of benzene rings is 2. The highest BCUT2D eigenvalue weighted by Crippen LogP contribution is 2.23. The Kier molecular flexibility index (Phi) is 6.64. The fourth-order valence-corrected chi connectivity index (χ4v) is 4.39. The van der Waals surface area contributed by atoms with E-state index in [1.807, 2.05) is 30.3 Å². The van der Waals surface area contributed by atoms with Gasteiger partial charge < -0.3 is 14.7 Å². The van der Waals surface area contributed by atoms with Gasteiger partial charge in [-0.2, -0.15) is 0 Å². The van der Waals surface area contributed by atoms with E-state index < -0.39 is 6.67 Å². The zero-order valence-electron chi connectivity index (χ0n) is 16.8. The van der Waals surface area contributed by atoms with Gasteiger partial charge in [0.05, 0.1) is 6.10 Å². The molecule has 0 amide bonds. The van der Waals surface area contributed by atoms with Crippen molar-refractivity contribution < 1.29 is 14.2 Å². The van der Waals surface area contributed by atoms with Gasteiger partial charge in [-0.25, -0.2) is 4.39 Å². The van der Waals surface area contributed by atoms with Gasteiger partial charge in [-0.1, -0.05) is 30.3 Å². The van der Waals surface area contributed by atoms with Gasteiger partial charge in [0.2, 0.25) is 0 Å². The first-order valence-corrected chi connectivity index (χ1v) is 10.4. The Morgan fingerprint density at radius 3 is 2.34 bits per heavy atom. The van der Waals surface area contributed by atoms with Crippen molar-refractivity contribution in [2.45, 2.75) is 18.7 Å². The minimum atomic E-state index is -0.478. The monoisotopic (exact) mass is 399 g/mol. The van der Waals surface area contributed by atoms with E-state index in [1.165, 1.54) is 11.3 Å². The number of alkyl halides is 1. The number of likely N-dealkylation sites (tertiary alicyclic amines) is 1. The minimum absolute atomic E-state index is 0.0941. The fourth-order valence-electron chi connectivity index (χ4n) is 4.39. The van der Waals surface area contributed by atoms with Crippen molar-refractivity contribution >= 4 is 5.69 Å². The van der Waals surface area contributed by atoms with Crippen LogP contribution in [0.5, 0.6) is 5.75 Å². The Hall–Kier alpha value is -2.15. The Morgan fingerprint density at radius 2 is 1.66 bits per heavy atom. The molecule has 0 bridgehead atoms. The summed E-state index contributed by atoms with van der Waals surface area (Å²) in [7, 11) is 0. The SMILES string of the molecule is O[C@H]1CN(Cc2ccc(OCCF)cc2)C[C@@H]1N1CCN(c2ccccc2)CC1. The van der Waals surface area contributed by atoms with Gasteiger partial charge >= 0.3 is 0 Å². The predicted octanol–water partition coefficient (Wildman–Crippen LogP) is 2.40. The molecule has 2 aromatic rings. The average molecular weight is 400 g/mol. The van der Waals surface area contributed by atoms with Crippen LogP contribution in [-0.2, 0) is 6.54 Å². The van der Waals surface area contributed by atoms with Crippen molar-refractivity contribution in [1.82, 2.24) is 9.80 Å². The smallest absolute Gasteiger partial charge is 0.123 e. The second kappa shape index (κ2) is 9.57. The van der Waals surface area contributed by atoms with Gasteiger partial charge in [-0.3, -0.25) is 9.80 Å². The lowest BCUT2D eigenvalue weighted by molar-refractivity contribution is 0.0791. The van der Waals surface area contributed by atoms with E-state index in [9.17, 15) is 9.50 Å². The molecular formula is C23H30FN3O2. The first kappa shape index (κ1) is 20.1. The molecule has 29 heavy (non-hydrogen) atoms. The van der Waals surface area contributed by atoms with Crippen LogP contribution in [0.3, 0.4) is 0 Å². The third-order valence-electron chi connectivity index (χ3n) is 5.91. The van der Waals surface area contributed by atoms with Crippen LogP contribution in [0.25, 0.3) is 0 Å². The molecular weight excluding hydrogens is 369 g/mol. The third-order valence-corrected chi connectivity index (χ3v) is 5.91. The van der Waals surface area contributed by atoms with E-state index >= 15 is 0 Å². The Balaban J connectivity index is 1.28. The Bertz CT molecular complexity index is 750. The highest BCUT2D eigenvalue weighted by atomic mass is 19.1. The van der Waals surface area contributed by atoms with E-state index in [1.54, 1.807) is 0 Å². The van der Waals surface area contributed by atoms with Crippen molar-refractivity contribution in [1.29, 1.82) is 0 Å². The molecule has 4 rings (SSSR count). The standard InChI is InChI=1S/C23H30FN3O2/c24-10-15-29-21-8-6-19(7-9-21)16-25-17-22(23(28)18-25)27-13-11-26(12-14-27)20-4-2-1-3-5-20/h1-9,22-23,28H,10-18H2/t22-,23-/m0/s1. The summed E-state index contributed by atoms with van der Waals surface area (Å²) >= 11 is 0. The molecule has 156 valence electrons. The average Bonchev–Trinajstić information content (AvgIpc) is 3.14. The van der Waals surface area contributed by atoms with Crippen LogP contribution in [0.2, 0.25) is 0 Å². The van der Waals surface area contributed by atoms with Gasteiger partial charge in [-0.15, -0.1) is 0 Å². The van der Waals surface area contributed by atoms with Crippen LogP contribution >= 0.6 is 0 Å². The highest BCUT2D eigenvalue weighted by molar-refractivity contribution is 5.46. The maximum absolute atomic E-state index is 12.2. The number of nitrogens with zero attached hydrogens (tertiary/aromatic N) is 3. The molecule has 0 aliphatic carbocycles. The summed E-state index contributed by atoms with van der Waals surface area (Å²) in [6.07, 6.45) is -0.314. The number of rotatable bonds is 7. The molecule has 0 spiro atoms. The zero-order valence-corrected chi connectivity index (χ0v) is 16.8. The lowest BCUT2D eigenvalue weighted by atomic mass is 10.1. The lowest BCUT2D eigenvalue weighted by Crippen LogP contribution is -2.53. The molecule has 1 N–H and O–H groups in total. The summed E-state index contributed by atoms with van der Waals surface area (Å²) in [6, 6.07) is 18.5. The molecule has 2 fully saturated rings. The van der Waals surface area contributed by atoms with Crippen molar-refractivity contribution in [3.8, 4) is 5.75 Å². The number of ether oxygens (including phenoxy) is 1. The predicted molar refractivity (Wildman–Crippen MR) is 113 cm³/mol. The number of hydrogen-bond donors (Lipinski definition) is 1. The van der Waals surface area contributed by atoms with E-state index in [0.29, 0.717) is 12.3 Å². The summed E-state index contributed by atoms with van der Waals surface area (Å²) in [5, 5.41) is 10.7. The summed E-state index contributed by atoms with van der Waals surface area (Å²) in [6.45, 7) is 5.94. The molecule has 2 aromatic carbocycles. The number of aliphatic hydroxyl groups is 1. The van der Waals surface area contributed by atoms with Gasteiger partial charge in [0, 0.05) is 57.5 Å². The lowest BCUT2D eigenvalue weighted by Gasteiger charge is -2.39. The number of anilines is 1. The first-order chi connectivity index (χ1) is 14.2. The molecule has 2 atom stereocenters. The van der Waals surface area contributed by atoms with E-state index in [4.69, 9.17) is 4.74 Å². The number of para-hydroxylation sites is 1. The molecule has 2 aliphatic rings. The fraction of sp³-hybridized carbons (Fsp3) is 0.478. The van der Waals surface area contributed by atoms with Gasteiger partial charge in [0.15, 0.2) is 0 Å². The molecule has 2 heterocycles. The van der Waals surface area contributed by atoms with Crippen LogP contribution in [0.4, 0.5) is 10.1 Å². The third kappa shape index (κ3) is 5.07. The van der Waals surface area contributed by atoms with Crippen LogP contribution in [0, 0.1) is 0 Å². The van der Waals surface area contributed by atoms with Gasteiger partial charge in [0.25, 0.3) is 0 Å². The normalized spacial score (nSPS) is 23.4. The summed E-state index contributed by atoms with van der Waals surface area (Å²) < 4.78 is 17.5. The molecule has 0 radical (unpaired) electrons. The Labute approximate surface area is 172 Å². The second-order valence-electron chi connectivity index (χ2n) is 7.87. The van der Waals surface area contributed by atoms with Gasteiger partial charge in [0.1, 0.15) is 19.0 Å². The minimum Gasteiger partial charge on any atom is -0.491 e. The Morgan fingerprint density at radius 1 is 0.931 bits per heavy atom. The van der Waals surface area contributed by atoms with Crippen LogP contribution in [-0.4, -0.2) is 79.6 Å². The van der Waals surface area contributed by atoms with Crippen LogP contribution < -0.4 is 9.64 Å². The molecule has 2 saturated heterocycles. The summed E-state index contributed by atoms with van der Waals surface area (Å²) in [5.74, 6) is 0.696. The van der Waals surface area contributed by atoms with Crippen molar-refractivity contribution in [3.05, 3.63) is 60.2 Å². The molecule has 0 unspecified atom stereocenters. The van der Waals surface area contributed by atoms with Crippen LogP contribution in [0.1, 0.15) is 5.56 Å². The highest BCUT2D eigenvalue weighted by Gasteiger charge is 2.36. The number of β-amino-alcohol motifs (C(OH)–C–C–N with tert-alkyl or cyclic N) is 1. The summed E-state index contributed by atoms with van der Waals surface area (Å²) in [5.41, 5.74) is 2.46. The quantitative estimate of drug-likeness (QED) is 0.774. The van der Waals surface area contributed by atoms with Crippen molar-refractivity contribution in [2.24, 2.45) is 0 Å². The van der Waals surface area contributed by atoms with Crippen LogP contribution in [0.15, 0.2) is 54.6 Å². The number of hydrogen-bond acceptors (Lipinski definition) is 5. The van der Waals surface area contributed by atoms with Crippen molar-refractivity contribution in [3.63, 3.8) is 0 Å². The molecule has 0 saturated carbocycles. The number of piperazine rings is 1. The molecule has 5 nitrogen and oxygen atoms in total. The molecule has 2 aliphatic heterocycles. The maximum Gasteiger partial charge on any atom is 0.123 e. The largest absolute Gasteiger partial charge is 0.491 e. The first-order valence-electron chi connectivity index (χ1n) is 10.4. The second-order valence-corrected chi connectivity index (χ2v) is 7.87. The van der Waals surface area contributed by atoms with Crippen molar-refractivity contribution in [2.75, 3.05) is 57.4 Å². The van der Waals surface area contributed by atoms with E-state index in [0.717, 1.165) is 39.3 Å². The number of halogens is 1. The maximum atomic E-state index is 12.2. The van der Waals surface area contributed by atoms with E-state index in [-0.39, 0.29) is 18.8 Å². The number of aliphatic hydroxyl groups excluding tert-OH is 1. The molecule has 6 heteroatoms. The van der Waals surface area contributed by atoms with E-state index in [2.05, 4.69) is 39.0 Å². The van der Waals surface area contributed by atoms with Gasteiger partial charge in [-0.05, 0) is 29.8 Å². The summed E-state index contributed by atoms with van der Waals surface area (Å²) in [4.78, 5) is 7.18. The zero-order chi connectivity index (χ0) is 20.1. The molecule has 0 aromatic heterocycles.